The molecule has 0 aliphatic heterocycles. The molecule has 0 amide bonds. The number of alkyl halides is 4. The van der Waals surface area contributed by atoms with Gasteiger partial charge in [-0.2, -0.15) is 0 Å². The molecule has 0 radical (unpaired) electrons. The van der Waals surface area contributed by atoms with Gasteiger partial charge in [-0.25, -0.2) is 0 Å². The lowest BCUT2D eigenvalue weighted by Gasteiger charge is -2.09. The Kier molecular flexibility index (Phi) is 3.15. The van der Waals surface area contributed by atoms with Crippen molar-refractivity contribution in [1.29, 1.82) is 0 Å². The number of halogens is 4. The van der Waals surface area contributed by atoms with Crippen LogP contribution in [-0.4, -0.2) is 11.7 Å². The van der Waals surface area contributed by atoms with Gasteiger partial charge >= 0.3 is 6.36 Å². The quantitative estimate of drug-likeness (QED) is 0.763. The summed E-state index contributed by atoms with van der Waals surface area (Å²) in [5.74, 6) is 0.945. The third kappa shape index (κ3) is 2.90. The minimum atomic E-state index is -4.61. The van der Waals surface area contributed by atoms with Gasteiger partial charge in [-0.1, -0.05) is 28.1 Å². The van der Waals surface area contributed by atoms with Crippen LogP contribution in [-0.2, 0) is 0 Å². The van der Waals surface area contributed by atoms with E-state index < -0.39 is 6.36 Å². The molecule has 2 rings (SSSR count). The van der Waals surface area contributed by atoms with Crippen molar-refractivity contribution in [2.75, 3.05) is 5.33 Å². The highest BCUT2D eigenvalue weighted by atomic mass is 79.9. The largest absolute Gasteiger partial charge is 0.573 e. The Bertz CT molecular complexity index is 360. The molecule has 1 saturated carbocycles. The Hall–Kier alpha value is -0.710. The zero-order valence-corrected chi connectivity index (χ0v) is 9.88. The third-order valence-corrected chi connectivity index (χ3v) is 3.49. The van der Waals surface area contributed by atoms with Gasteiger partial charge in [0.05, 0.1) is 0 Å². The summed E-state index contributed by atoms with van der Waals surface area (Å²) in [4.78, 5) is 0. The average Bonchev–Trinajstić information content (AvgIpc) is 2.95. The van der Waals surface area contributed by atoms with Crippen molar-refractivity contribution in [1.82, 2.24) is 0 Å². The Morgan fingerprint density at radius 2 is 1.88 bits per heavy atom. The highest BCUT2D eigenvalue weighted by molar-refractivity contribution is 9.09. The topological polar surface area (TPSA) is 9.23 Å². The first-order chi connectivity index (χ1) is 7.49. The van der Waals surface area contributed by atoms with Gasteiger partial charge in [-0.05, 0) is 36.0 Å². The van der Waals surface area contributed by atoms with E-state index in [0.717, 1.165) is 17.3 Å². The second-order valence-electron chi connectivity index (χ2n) is 3.87. The maximum Gasteiger partial charge on any atom is 0.573 e. The fourth-order valence-corrected chi connectivity index (χ4v) is 2.46. The molecule has 0 bridgehead atoms. The highest BCUT2D eigenvalue weighted by Gasteiger charge is 2.37. The van der Waals surface area contributed by atoms with E-state index in [1.165, 1.54) is 12.1 Å². The molecule has 1 aliphatic carbocycles. The maximum absolute atomic E-state index is 11.9. The molecule has 2 unspecified atom stereocenters. The first-order valence-electron chi connectivity index (χ1n) is 4.91. The van der Waals surface area contributed by atoms with Crippen LogP contribution in [0.15, 0.2) is 24.3 Å². The second-order valence-corrected chi connectivity index (χ2v) is 4.52. The lowest BCUT2D eigenvalue weighted by molar-refractivity contribution is -0.274. The molecule has 1 fully saturated rings. The molecule has 0 saturated heterocycles. The van der Waals surface area contributed by atoms with Gasteiger partial charge in [0.1, 0.15) is 5.75 Å². The molecule has 1 aromatic rings. The molecule has 88 valence electrons. The van der Waals surface area contributed by atoms with Crippen molar-refractivity contribution in [3.63, 3.8) is 0 Å². The van der Waals surface area contributed by atoms with Crippen molar-refractivity contribution < 1.29 is 17.9 Å². The summed E-state index contributed by atoms with van der Waals surface area (Å²) in [6.07, 6.45) is -3.51. The van der Waals surface area contributed by atoms with Crippen LogP contribution in [0, 0.1) is 5.92 Å². The number of hydrogen-bond donors (Lipinski definition) is 0. The van der Waals surface area contributed by atoms with Crippen molar-refractivity contribution in [2.45, 2.75) is 18.7 Å². The van der Waals surface area contributed by atoms with Crippen molar-refractivity contribution in [3.8, 4) is 5.75 Å². The van der Waals surface area contributed by atoms with Gasteiger partial charge in [0.15, 0.2) is 0 Å². The van der Waals surface area contributed by atoms with Crippen molar-refractivity contribution in [2.24, 2.45) is 5.92 Å². The molecule has 0 N–H and O–H groups in total. The van der Waals surface area contributed by atoms with Crippen LogP contribution in [0.1, 0.15) is 17.9 Å². The van der Waals surface area contributed by atoms with E-state index in [4.69, 9.17) is 0 Å². The summed E-state index contributed by atoms with van der Waals surface area (Å²) in [5, 5.41) is 0.943. The Morgan fingerprint density at radius 3 is 2.31 bits per heavy atom. The number of ether oxygens (including phenoxy) is 1. The second kappa shape index (κ2) is 4.28. The Labute approximate surface area is 99.7 Å². The normalized spacial score (nSPS) is 24.2. The van der Waals surface area contributed by atoms with E-state index in [9.17, 15) is 13.2 Å². The van der Waals surface area contributed by atoms with Gasteiger partial charge in [-0.15, -0.1) is 13.2 Å². The molecule has 16 heavy (non-hydrogen) atoms. The molecule has 1 nitrogen and oxygen atoms in total. The highest BCUT2D eigenvalue weighted by Crippen LogP contribution is 2.48. The predicted octanol–water partition coefficient (Wildman–Crippen LogP) is 4.08. The van der Waals surface area contributed by atoms with Crippen LogP contribution < -0.4 is 4.74 Å². The van der Waals surface area contributed by atoms with Crippen molar-refractivity contribution >= 4 is 15.9 Å². The lowest BCUT2D eigenvalue weighted by atomic mass is 10.1. The number of benzene rings is 1. The van der Waals surface area contributed by atoms with Gasteiger partial charge in [0.25, 0.3) is 0 Å². The standard InChI is InChI=1S/C11H10BrF3O/c12-6-8-5-10(8)7-1-3-9(4-2-7)16-11(13,14)15/h1-4,8,10H,5-6H2. The SMILES string of the molecule is FC(F)(F)Oc1ccc(C2CC2CBr)cc1. The number of hydrogen-bond acceptors (Lipinski definition) is 1. The summed E-state index contributed by atoms with van der Waals surface area (Å²) in [7, 11) is 0. The molecule has 5 heteroatoms. The van der Waals surface area contributed by atoms with E-state index in [1.54, 1.807) is 12.1 Å². The van der Waals surface area contributed by atoms with Crippen molar-refractivity contribution in [3.05, 3.63) is 29.8 Å². The molecule has 0 heterocycles. The zero-order chi connectivity index (χ0) is 11.8. The monoisotopic (exact) mass is 294 g/mol. The summed E-state index contributed by atoms with van der Waals surface area (Å²) in [6, 6.07) is 6.14. The average molecular weight is 295 g/mol. The van der Waals surface area contributed by atoms with Crippen LogP contribution in [0.2, 0.25) is 0 Å². The van der Waals surface area contributed by atoms with E-state index in [2.05, 4.69) is 20.7 Å². The summed E-state index contributed by atoms with van der Waals surface area (Å²) >= 11 is 3.39. The first kappa shape index (κ1) is 11.8. The number of rotatable bonds is 3. The summed E-state index contributed by atoms with van der Waals surface area (Å²) in [5.41, 5.74) is 1.08. The van der Waals surface area contributed by atoms with E-state index in [-0.39, 0.29) is 5.75 Å². The third-order valence-electron chi connectivity index (χ3n) is 2.66. The van der Waals surface area contributed by atoms with E-state index in [0.29, 0.717) is 11.8 Å². The molecular formula is C11H10BrF3O. The van der Waals surface area contributed by atoms with Gasteiger partial charge in [-0.3, -0.25) is 0 Å². The van der Waals surface area contributed by atoms with Crippen LogP contribution in [0.3, 0.4) is 0 Å². The molecule has 1 aliphatic rings. The minimum absolute atomic E-state index is 0.160. The minimum Gasteiger partial charge on any atom is -0.406 e. The fourth-order valence-electron chi connectivity index (χ4n) is 1.74. The van der Waals surface area contributed by atoms with Gasteiger partial charge < -0.3 is 4.74 Å². The summed E-state index contributed by atoms with van der Waals surface area (Å²) in [6.45, 7) is 0. The van der Waals surface area contributed by atoms with Gasteiger partial charge in [0.2, 0.25) is 0 Å². The summed E-state index contributed by atoms with van der Waals surface area (Å²) < 4.78 is 39.5. The molecule has 1 aromatic carbocycles. The van der Waals surface area contributed by atoms with E-state index >= 15 is 0 Å². The Morgan fingerprint density at radius 1 is 1.25 bits per heavy atom. The predicted molar refractivity (Wildman–Crippen MR) is 57.8 cm³/mol. The van der Waals surface area contributed by atoms with Crippen LogP contribution in [0.4, 0.5) is 13.2 Å². The fraction of sp³-hybridized carbons (Fsp3) is 0.455. The van der Waals surface area contributed by atoms with E-state index in [1.807, 2.05) is 0 Å². The van der Waals surface area contributed by atoms with Gasteiger partial charge in [0, 0.05) is 5.33 Å². The van der Waals surface area contributed by atoms with Crippen LogP contribution >= 0.6 is 15.9 Å². The maximum atomic E-state index is 11.9. The lowest BCUT2D eigenvalue weighted by Crippen LogP contribution is -2.17. The Balaban J connectivity index is 2.00. The molecule has 2 atom stereocenters. The molecule has 0 spiro atoms. The first-order valence-corrected chi connectivity index (χ1v) is 6.03. The molecular weight excluding hydrogens is 285 g/mol. The smallest absolute Gasteiger partial charge is 0.406 e. The van der Waals surface area contributed by atoms with Crippen LogP contribution in [0.25, 0.3) is 0 Å². The van der Waals surface area contributed by atoms with Crippen LogP contribution in [0.5, 0.6) is 5.75 Å². The molecule has 0 aromatic heterocycles. The zero-order valence-electron chi connectivity index (χ0n) is 8.30.